The zero-order valence-electron chi connectivity index (χ0n) is 11.7. The summed E-state index contributed by atoms with van der Waals surface area (Å²) in [6.45, 7) is 2.14. The van der Waals surface area contributed by atoms with Crippen molar-refractivity contribution in [1.29, 1.82) is 0 Å². The van der Waals surface area contributed by atoms with Crippen LogP contribution in [0.5, 0.6) is 0 Å². The minimum absolute atomic E-state index is 0.00779. The van der Waals surface area contributed by atoms with Crippen LogP contribution >= 0.6 is 11.6 Å². The second-order valence-corrected chi connectivity index (χ2v) is 6.78. The van der Waals surface area contributed by atoms with Crippen molar-refractivity contribution in [2.45, 2.75) is 51.6 Å². The Morgan fingerprint density at radius 1 is 1.30 bits per heavy atom. The average molecular weight is 294 g/mol. The summed E-state index contributed by atoms with van der Waals surface area (Å²) in [6.07, 6.45) is 5.45. The molecule has 1 aromatic carbocycles. The third-order valence-electron chi connectivity index (χ3n) is 4.80. The van der Waals surface area contributed by atoms with E-state index in [0.29, 0.717) is 11.4 Å². The molecule has 1 unspecified atom stereocenters. The van der Waals surface area contributed by atoms with Gasteiger partial charge in [-0.2, -0.15) is 0 Å². The van der Waals surface area contributed by atoms with Crippen molar-refractivity contribution in [2.75, 3.05) is 5.32 Å². The first-order valence-electron chi connectivity index (χ1n) is 7.30. The molecule has 2 aliphatic rings. The van der Waals surface area contributed by atoms with Crippen molar-refractivity contribution in [2.24, 2.45) is 5.41 Å². The van der Waals surface area contributed by atoms with Gasteiger partial charge in [0.15, 0.2) is 0 Å². The van der Waals surface area contributed by atoms with Gasteiger partial charge in [0.1, 0.15) is 0 Å². The van der Waals surface area contributed by atoms with Crippen molar-refractivity contribution < 1.29 is 9.90 Å². The van der Waals surface area contributed by atoms with E-state index in [1.165, 1.54) is 6.42 Å². The molecule has 1 aliphatic carbocycles. The minimum atomic E-state index is -0.559. The lowest BCUT2D eigenvalue weighted by atomic mass is 9.70. The number of aliphatic hydroxyl groups excluding tert-OH is 1. The van der Waals surface area contributed by atoms with Crippen LogP contribution in [0.25, 0.3) is 0 Å². The highest BCUT2D eigenvalue weighted by molar-refractivity contribution is 6.32. The van der Waals surface area contributed by atoms with Gasteiger partial charge in [-0.25, -0.2) is 0 Å². The van der Waals surface area contributed by atoms with Gasteiger partial charge in [-0.3, -0.25) is 4.79 Å². The fraction of sp³-hybridized carbons (Fsp3) is 0.562. The highest BCUT2D eigenvalue weighted by Gasteiger charge is 2.37. The molecule has 1 heterocycles. The molecule has 0 radical (unpaired) electrons. The molecule has 20 heavy (non-hydrogen) atoms. The fourth-order valence-electron chi connectivity index (χ4n) is 3.49. The Morgan fingerprint density at radius 2 is 2.00 bits per heavy atom. The fourth-order valence-corrected chi connectivity index (χ4v) is 3.75. The molecule has 2 N–H and O–H groups in total. The summed E-state index contributed by atoms with van der Waals surface area (Å²) in [5.41, 5.74) is 2.38. The molecule has 1 atom stereocenters. The molecule has 0 spiro atoms. The molecule has 1 amide bonds. The molecule has 1 aliphatic heterocycles. The molecule has 0 bridgehead atoms. The van der Waals surface area contributed by atoms with E-state index in [9.17, 15) is 9.90 Å². The van der Waals surface area contributed by atoms with Crippen LogP contribution in [0, 0.1) is 5.41 Å². The van der Waals surface area contributed by atoms with E-state index in [1.54, 1.807) is 6.07 Å². The van der Waals surface area contributed by atoms with Gasteiger partial charge in [0.25, 0.3) is 0 Å². The number of halogens is 1. The van der Waals surface area contributed by atoms with Gasteiger partial charge < -0.3 is 10.4 Å². The topological polar surface area (TPSA) is 49.3 Å². The Balaban J connectivity index is 1.94. The van der Waals surface area contributed by atoms with E-state index < -0.39 is 6.10 Å². The molecule has 0 saturated heterocycles. The van der Waals surface area contributed by atoms with Crippen molar-refractivity contribution in [3.8, 4) is 0 Å². The third kappa shape index (κ3) is 2.33. The maximum absolute atomic E-state index is 11.4. The number of amides is 1. The van der Waals surface area contributed by atoms with E-state index in [2.05, 4.69) is 12.2 Å². The standard InChI is InChI=1S/C16H20ClNO2/c1-16(5-3-2-4-6-16)15(20)11-7-10-8-14(19)18-13(10)9-12(11)17/h7,9,15,20H,2-6,8H2,1H3,(H,18,19). The highest BCUT2D eigenvalue weighted by atomic mass is 35.5. The zero-order chi connectivity index (χ0) is 14.3. The summed E-state index contributed by atoms with van der Waals surface area (Å²) in [7, 11) is 0. The molecule has 1 saturated carbocycles. The number of hydrogen-bond acceptors (Lipinski definition) is 2. The van der Waals surface area contributed by atoms with Gasteiger partial charge in [-0.15, -0.1) is 0 Å². The number of nitrogens with one attached hydrogen (secondary N) is 1. The predicted molar refractivity (Wildman–Crippen MR) is 79.9 cm³/mol. The van der Waals surface area contributed by atoms with Crippen molar-refractivity contribution in [3.63, 3.8) is 0 Å². The summed E-state index contributed by atoms with van der Waals surface area (Å²) in [6, 6.07) is 3.67. The lowest BCUT2D eigenvalue weighted by Crippen LogP contribution is -2.28. The monoisotopic (exact) mass is 293 g/mol. The number of benzene rings is 1. The molecular weight excluding hydrogens is 274 g/mol. The van der Waals surface area contributed by atoms with E-state index in [4.69, 9.17) is 11.6 Å². The Kier molecular flexibility index (Phi) is 3.51. The molecule has 4 heteroatoms. The van der Waals surface area contributed by atoms with Gasteiger partial charge in [-0.05, 0) is 36.0 Å². The molecule has 1 aromatic rings. The van der Waals surface area contributed by atoms with Crippen molar-refractivity contribution in [3.05, 3.63) is 28.3 Å². The Bertz CT molecular complexity index is 550. The molecule has 3 nitrogen and oxygen atoms in total. The summed E-state index contributed by atoms with van der Waals surface area (Å²) in [4.78, 5) is 11.4. The van der Waals surface area contributed by atoms with E-state index in [0.717, 1.165) is 42.5 Å². The highest BCUT2D eigenvalue weighted by Crippen LogP contribution is 2.48. The number of anilines is 1. The second kappa shape index (κ2) is 5.05. The second-order valence-electron chi connectivity index (χ2n) is 6.37. The molecular formula is C16H20ClNO2. The SMILES string of the molecule is CC1(C(O)c2cc3c(cc2Cl)NC(=O)C3)CCCCC1. The quantitative estimate of drug-likeness (QED) is 0.870. The van der Waals surface area contributed by atoms with E-state index in [-0.39, 0.29) is 11.3 Å². The molecule has 0 aromatic heterocycles. The van der Waals surface area contributed by atoms with Gasteiger partial charge in [0.05, 0.1) is 12.5 Å². The largest absolute Gasteiger partial charge is 0.388 e. The number of carbonyl (C=O) groups is 1. The number of carbonyl (C=O) groups excluding carboxylic acids is 1. The lowest BCUT2D eigenvalue weighted by Gasteiger charge is -2.38. The van der Waals surface area contributed by atoms with Crippen LogP contribution in [0.1, 0.15) is 56.3 Å². The molecule has 3 rings (SSSR count). The van der Waals surface area contributed by atoms with E-state index in [1.807, 2.05) is 6.07 Å². The first kappa shape index (κ1) is 13.9. The Hall–Kier alpha value is -1.06. The number of rotatable bonds is 2. The van der Waals surface area contributed by atoms with Crippen molar-refractivity contribution >= 4 is 23.2 Å². The van der Waals surface area contributed by atoms with Crippen LogP contribution in [0.2, 0.25) is 5.02 Å². The first-order valence-corrected chi connectivity index (χ1v) is 7.68. The number of fused-ring (bicyclic) bond motifs is 1. The van der Waals surface area contributed by atoms with E-state index >= 15 is 0 Å². The van der Waals surface area contributed by atoms with Crippen LogP contribution in [-0.2, 0) is 11.2 Å². The minimum Gasteiger partial charge on any atom is -0.388 e. The first-order chi connectivity index (χ1) is 9.49. The van der Waals surface area contributed by atoms with Crippen LogP contribution < -0.4 is 5.32 Å². The van der Waals surface area contributed by atoms with Crippen molar-refractivity contribution in [1.82, 2.24) is 0 Å². The summed E-state index contributed by atoms with van der Waals surface area (Å²) in [5, 5.41) is 14.1. The lowest BCUT2D eigenvalue weighted by molar-refractivity contribution is -0.115. The maximum Gasteiger partial charge on any atom is 0.228 e. The smallest absolute Gasteiger partial charge is 0.228 e. The van der Waals surface area contributed by atoms with Crippen LogP contribution in [0.3, 0.4) is 0 Å². The van der Waals surface area contributed by atoms with Gasteiger partial charge in [-0.1, -0.05) is 37.8 Å². The number of hydrogen-bond donors (Lipinski definition) is 2. The summed E-state index contributed by atoms with van der Waals surface area (Å²) >= 11 is 6.32. The maximum atomic E-state index is 11.4. The predicted octanol–water partition coefficient (Wildman–Crippen LogP) is 3.84. The normalized spacial score (nSPS) is 22.2. The zero-order valence-corrected chi connectivity index (χ0v) is 12.5. The summed E-state index contributed by atoms with van der Waals surface area (Å²) < 4.78 is 0. The van der Waals surface area contributed by atoms with Crippen LogP contribution in [-0.4, -0.2) is 11.0 Å². The van der Waals surface area contributed by atoms with Gasteiger partial charge in [0.2, 0.25) is 5.91 Å². The Labute approximate surface area is 124 Å². The van der Waals surface area contributed by atoms with Gasteiger partial charge >= 0.3 is 0 Å². The Morgan fingerprint density at radius 3 is 2.70 bits per heavy atom. The van der Waals surface area contributed by atoms with Gasteiger partial charge in [0, 0.05) is 16.3 Å². The number of aliphatic hydroxyl groups is 1. The van der Waals surface area contributed by atoms with Crippen LogP contribution in [0.15, 0.2) is 12.1 Å². The molecule has 108 valence electrons. The average Bonchev–Trinajstić information content (AvgIpc) is 2.77. The molecule has 1 fully saturated rings. The third-order valence-corrected chi connectivity index (χ3v) is 5.13. The van der Waals surface area contributed by atoms with Crippen LogP contribution in [0.4, 0.5) is 5.69 Å². The summed E-state index contributed by atoms with van der Waals surface area (Å²) in [5.74, 6) is -0.00779.